The quantitative estimate of drug-likeness (QED) is 0.470. The average molecular weight is 436 g/mol. The van der Waals surface area contributed by atoms with E-state index in [1.54, 1.807) is 38.3 Å². The highest BCUT2D eigenvalue weighted by molar-refractivity contribution is 7.92. The van der Waals surface area contributed by atoms with Gasteiger partial charge in [-0.25, -0.2) is 9.78 Å². The summed E-state index contributed by atoms with van der Waals surface area (Å²) in [6, 6.07) is 7.50. The highest BCUT2D eigenvalue weighted by atomic mass is 32.2. The van der Waals surface area contributed by atoms with Crippen molar-refractivity contribution >= 4 is 27.4 Å². The number of aromatic nitrogens is 1. The van der Waals surface area contributed by atoms with Gasteiger partial charge in [0.1, 0.15) is 18.4 Å². The Kier molecular flexibility index (Phi) is 6.78. The van der Waals surface area contributed by atoms with E-state index in [4.69, 9.17) is 14.2 Å². The van der Waals surface area contributed by atoms with E-state index in [0.717, 1.165) is 9.87 Å². The number of hydrogen-bond acceptors (Lipinski definition) is 8. The monoisotopic (exact) mass is 435 g/mol. The lowest BCUT2D eigenvalue weighted by molar-refractivity contribution is -0.143. The van der Waals surface area contributed by atoms with E-state index in [2.05, 4.69) is 10.3 Å². The maximum absolute atomic E-state index is 13.1. The molecule has 30 heavy (non-hydrogen) atoms. The van der Waals surface area contributed by atoms with Gasteiger partial charge < -0.3 is 19.5 Å². The van der Waals surface area contributed by atoms with Crippen molar-refractivity contribution in [3.05, 3.63) is 42.1 Å². The number of benzene rings is 1. The minimum atomic E-state index is -3.92. The van der Waals surface area contributed by atoms with Gasteiger partial charge in [0.2, 0.25) is 0 Å². The first kappa shape index (κ1) is 21.8. The molecular weight excluding hydrogens is 410 g/mol. The second kappa shape index (κ2) is 9.31. The Hall–Kier alpha value is -2.85. The van der Waals surface area contributed by atoms with Crippen molar-refractivity contribution in [2.24, 2.45) is 0 Å². The van der Waals surface area contributed by atoms with E-state index in [9.17, 15) is 13.2 Å². The van der Waals surface area contributed by atoms with Crippen LogP contribution in [0.15, 0.2) is 41.6 Å². The molecule has 1 aromatic heterocycles. The SMILES string of the molecule is CCOC(=O)C1Cc2cc(OCCOC)cc(N(C)S(=O)(=O)c3ccccn3)c2N1. The Morgan fingerprint density at radius 3 is 2.77 bits per heavy atom. The summed E-state index contributed by atoms with van der Waals surface area (Å²) in [5.74, 6) is 0.0897. The standard InChI is InChI=1S/C20H25N3O6S/c1-4-28-20(24)16-12-14-11-15(29-10-9-27-3)13-17(19(14)22-16)23(2)30(25,26)18-7-5-6-8-21-18/h5-8,11,13,16,22H,4,9-10,12H2,1-3H3. The van der Waals surface area contributed by atoms with Gasteiger partial charge in [0.15, 0.2) is 5.03 Å². The number of anilines is 2. The fourth-order valence-electron chi connectivity index (χ4n) is 3.16. The largest absolute Gasteiger partial charge is 0.491 e. The molecule has 0 saturated heterocycles. The van der Waals surface area contributed by atoms with Gasteiger partial charge in [-0.05, 0) is 30.7 Å². The number of esters is 1. The maximum atomic E-state index is 13.1. The molecule has 1 atom stereocenters. The maximum Gasteiger partial charge on any atom is 0.328 e. The van der Waals surface area contributed by atoms with E-state index in [-0.39, 0.29) is 11.6 Å². The third-order valence-electron chi connectivity index (χ3n) is 4.64. The molecule has 0 spiro atoms. The van der Waals surface area contributed by atoms with Gasteiger partial charge in [-0.1, -0.05) is 6.07 Å². The highest BCUT2D eigenvalue weighted by Gasteiger charge is 2.34. The Bertz CT molecular complexity index is 997. The summed E-state index contributed by atoms with van der Waals surface area (Å²) in [5, 5.41) is 3.03. The topological polar surface area (TPSA) is 107 Å². The van der Waals surface area contributed by atoms with Crippen molar-refractivity contribution in [3.63, 3.8) is 0 Å². The van der Waals surface area contributed by atoms with Gasteiger partial charge in [0, 0.05) is 32.8 Å². The molecule has 2 heterocycles. The molecule has 162 valence electrons. The number of carbonyl (C=O) groups excluding carboxylic acids is 1. The predicted octanol–water partition coefficient (Wildman–Crippen LogP) is 1.83. The number of nitrogens with zero attached hydrogens (tertiary/aromatic N) is 2. The van der Waals surface area contributed by atoms with Crippen LogP contribution >= 0.6 is 0 Å². The van der Waals surface area contributed by atoms with E-state index in [0.29, 0.717) is 36.8 Å². The summed E-state index contributed by atoms with van der Waals surface area (Å²) in [4.78, 5) is 16.2. The first-order chi connectivity index (χ1) is 14.4. The van der Waals surface area contributed by atoms with Crippen LogP contribution in [0.25, 0.3) is 0 Å². The zero-order valence-electron chi connectivity index (χ0n) is 17.1. The molecule has 1 N–H and O–H groups in total. The molecule has 10 heteroatoms. The van der Waals surface area contributed by atoms with E-state index >= 15 is 0 Å². The molecule has 9 nitrogen and oxygen atoms in total. The zero-order valence-corrected chi connectivity index (χ0v) is 17.9. The molecule has 0 amide bonds. The number of sulfonamides is 1. The van der Waals surface area contributed by atoms with Gasteiger partial charge in [-0.3, -0.25) is 4.31 Å². The zero-order chi connectivity index (χ0) is 21.7. The molecule has 1 aliphatic heterocycles. The molecule has 3 rings (SSSR count). The first-order valence-corrected chi connectivity index (χ1v) is 10.9. The predicted molar refractivity (Wildman–Crippen MR) is 111 cm³/mol. The Balaban J connectivity index is 1.99. The van der Waals surface area contributed by atoms with Crippen LogP contribution in [0.4, 0.5) is 11.4 Å². The van der Waals surface area contributed by atoms with Gasteiger partial charge >= 0.3 is 5.97 Å². The third kappa shape index (κ3) is 4.49. The number of hydrogen-bond donors (Lipinski definition) is 1. The minimum Gasteiger partial charge on any atom is -0.491 e. The average Bonchev–Trinajstić information content (AvgIpc) is 3.18. The van der Waals surface area contributed by atoms with Crippen molar-refractivity contribution < 1.29 is 27.4 Å². The Morgan fingerprint density at radius 1 is 1.30 bits per heavy atom. The summed E-state index contributed by atoms with van der Waals surface area (Å²) in [5.41, 5.74) is 1.67. The van der Waals surface area contributed by atoms with Gasteiger partial charge in [0.05, 0.1) is 24.6 Å². The van der Waals surface area contributed by atoms with Crippen LogP contribution in [-0.2, 0) is 30.7 Å². The molecule has 0 saturated carbocycles. The summed E-state index contributed by atoms with van der Waals surface area (Å²) in [6.45, 7) is 2.69. The summed E-state index contributed by atoms with van der Waals surface area (Å²) >= 11 is 0. The molecule has 2 aromatic rings. The number of fused-ring (bicyclic) bond motifs is 1. The van der Waals surface area contributed by atoms with E-state index < -0.39 is 22.0 Å². The number of ether oxygens (including phenoxy) is 3. The van der Waals surface area contributed by atoms with Crippen molar-refractivity contribution in [1.29, 1.82) is 0 Å². The fourth-order valence-corrected chi connectivity index (χ4v) is 4.29. The van der Waals surface area contributed by atoms with Crippen molar-refractivity contribution in [3.8, 4) is 5.75 Å². The number of methoxy groups -OCH3 is 1. The molecule has 1 aliphatic rings. The number of carbonyl (C=O) groups is 1. The summed E-state index contributed by atoms with van der Waals surface area (Å²) in [6.07, 6.45) is 1.78. The van der Waals surface area contributed by atoms with Crippen LogP contribution in [0.5, 0.6) is 5.75 Å². The van der Waals surface area contributed by atoms with Crippen molar-refractivity contribution in [2.75, 3.05) is 43.6 Å². The van der Waals surface area contributed by atoms with Crippen LogP contribution in [-0.4, -0.2) is 59.4 Å². The van der Waals surface area contributed by atoms with Gasteiger partial charge in [-0.15, -0.1) is 0 Å². The molecule has 1 aromatic carbocycles. The normalized spacial score (nSPS) is 15.2. The number of nitrogens with one attached hydrogen (secondary N) is 1. The fraction of sp³-hybridized carbons (Fsp3) is 0.400. The van der Waals surface area contributed by atoms with E-state index in [1.165, 1.54) is 19.3 Å². The second-order valence-electron chi connectivity index (χ2n) is 6.61. The lowest BCUT2D eigenvalue weighted by Gasteiger charge is -2.23. The molecule has 0 radical (unpaired) electrons. The summed E-state index contributed by atoms with van der Waals surface area (Å²) < 4.78 is 43.2. The van der Waals surface area contributed by atoms with Gasteiger partial charge in [0.25, 0.3) is 10.0 Å². The Labute approximate surface area is 176 Å². The van der Waals surface area contributed by atoms with Crippen LogP contribution in [0.2, 0.25) is 0 Å². The highest BCUT2D eigenvalue weighted by Crippen LogP contribution is 2.40. The molecule has 0 aliphatic carbocycles. The lowest BCUT2D eigenvalue weighted by atomic mass is 10.1. The van der Waals surface area contributed by atoms with Crippen molar-refractivity contribution in [2.45, 2.75) is 24.4 Å². The van der Waals surface area contributed by atoms with Crippen LogP contribution in [0.1, 0.15) is 12.5 Å². The number of rotatable bonds is 9. The molecular formula is C20H25N3O6S. The molecule has 1 unspecified atom stereocenters. The van der Waals surface area contributed by atoms with Crippen LogP contribution in [0, 0.1) is 0 Å². The molecule has 0 bridgehead atoms. The summed E-state index contributed by atoms with van der Waals surface area (Å²) in [7, 11) is -0.907. The van der Waals surface area contributed by atoms with E-state index in [1.807, 2.05) is 0 Å². The number of pyridine rings is 1. The van der Waals surface area contributed by atoms with Gasteiger partial charge in [-0.2, -0.15) is 8.42 Å². The minimum absolute atomic E-state index is 0.0769. The Morgan fingerprint density at radius 2 is 2.10 bits per heavy atom. The third-order valence-corrected chi connectivity index (χ3v) is 6.33. The van der Waals surface area contributed by atoms with Crippen molar-refractivity contribution in [1.82, 2.24) is 4.98 Å². The van der Waals surface area contributed by atoms with Crippen LogP contribution < -0.4 is 14.4 Å². The first-order valence-electron chi connectivity index (χ1n) is 9.50. The lowest BCUT2D eigenvalue weighted by Crippen LogP contribution is -2.30. The second-order valence-corrected chi connectivity index (χ2v) is 8.53. The molecule has 0 fully saturated rings. The van der Waals surface area contributed by atoms with Crippen LogP contribution in [0.3, 0.4) is 0 Å². The smallest absolute Gasteiger partial charge is 0.328 e.